The summed E-state index contributed by atoms with van der Waals surface area (Å²) in [6.07, 6.45) is 4.99. The van der Waals surface area contributed by atoms with E-state index >= 15 is 0 Å². The highest BCUT2D eigenvalue weighted by Gasteiger charge is 2.48. The van der Waals surface area contributed by atoms with Crippen molar-refractivity contribution in [1.82, 2.24) is 4.90 Å². The average molecular weight is 241 g/mol. The highest BCUT2D eigenvalue weighted by Crippen LogP contribution is 2.40. The maximum atomic E-state index is 12.2. The Hall–Kier alpha value is -0.770. The predicted octanol–water partition coefficient (Wildman–Crippen LogP) is 2.65. The van der Waals surface area contributed by atoms with Crippen LogP contribution in [0.2, 0.25) is 0 Å². The van der Waals surface area contributed by atoms with Crippen LogP contribution in [0, 0.1) is 0 Å². The van der Waals surface area contributed by atoms with Crippen LogP contribution in [0.3, 0.4) is 0 Å². The molecule has 0 saturated carbocycles. The van der Waals surface area contributed by atoms with Crippen molar-refractivity contribution in [2.75, 3.05) is 0 Å². The molecule has 2 rings (SSSR count). The first-order chi connectivity index (χ1) is 7.82. The van der Waals surface area contributed by atoms with Crippen LogP contribution in [0.5, 0.6) is 0 Å². The van der Waals surface area contributed by atoms with Crippen LogP contribution in [0.1, 0.15) is 59.3 Å². The fourth-order valence-electron chi connectivity index (χ4n) is 2.98. The smallest absolute Gasteiger partial charge is 0.412 e. The standard InChI is InChI=1S/C13H23NO3/c1-12(2,3)17-11(15)14-10-6-4-8-13(14,16)9-5-7-10/h10,16H,4-9H2,1-3H3. The number of aliphatic hydroxyl groups is 1. The SMILES string of the molecule is CC(C)(C)OC(=O)N1C2CCCC1(O)CCC2. The molecule has 4 nitrogen and oxygen atoms in total. The van der Waals surface area contributed by atoms with Gasteiger partial charge < -0.3 is 9.84 Å². The van der Waals surface area contributed by atoms with E-state index < -0.39 is 11.3 Å². The van der Waals surface area contributed by atoms with Gasteiger partial charge in [-0.05, 0) is 59.3 Å². The minimum atomic E-state index is -0.955. The zero-order valence-corrected chi connectivity index (χ0v) is 11.0. The highest BCUT2D eigenvalue weighted by atomic mass is 16.6. The van der Waals surface area contributed by atoms with Gasteiger partial charge in [0, 0.05) is 6.04 Å². The van der Waals surface area contributed by atoms with Crippen molar-refractivity contribution in [3.63, 3.8) is 0 Å². The van der Waals surface area contributed by atoms with Gasteiger partial charge >= 0.3 is 6.09 Å². The number of hydrogen-bond acceptors (Lipinski definition) is 3. The fraction of sp³-hybridized carbons (Fsp3) is 0.923. The number of ether oxygens (including phenoxy) is 1. The summed E-state index contributed by atoms with van der Waals surface area (Å²) in [5.74, 6) is 0. The quantitative estimate of drug-likeness (QED) is 0.709. The lowest BCUT2D eigenvalue weighted by Gasteiger charge is -2.51. The van der Waals surface area contributed by atoms with Crippen LogP contribution in [-0.4, -0.2) is 33.5 Å². The van der Waals surface area contributed by atoms with Crippen molar-refractivity contribution in [3.05, 3.63) is 0 Å². The molecule has 0 unspecified atom stereocenters. The molecule has 0 atom stereocenters. The minimum Gasteiger partial charge on any atom is -0.444 e. The number of hydrogen-bond donors (Lipinski definition) is 1. The summed E-state index contributed by atoms with van der Waals surface area (Å²) in [5.41, 5.74) is -1.46. The first-order valence-electron chi connectivity index (χ1n) is 6.56. The van der Waals surface area contributed by atoms with E-state index in [0.717, 1.165) is 25.7 Å². The Balaban J connectivity index is 2.15. The van der Waals surface area contributed by atoms with Gasteiger partial charge in [-0.25, -0.2) is 4.79 Å². The van der Waals surface area contributed by atoms with Gasteiger partial charge in [-0.2, -0.15) is 0 Å². The predicted molar refractivity (Wildman–Crippen MR) is 64.5 cm³/mol. The molecule has 1 amide bonds. The Labute approximate surface area is 103 Å². The molecule has 0 spiro atoms. The van der Waals surface area contributed by atoms with Gasteiger partial charge in [0.1, 0.15) is 11.3 Å². The zero-order chi connectivity index (χ0) is 12.7. The van der Waals surface area contributed by atoms with Crippen molar-refractivity contribution >= 4 is 6.09 Å². The molecule has 0 aliphatic carbocycles. The molecule has 98 valence electrons. The summed E-state index contributed by atoms with van der Waals surface area (Å²) in [4.78, 5) is 13.8. The van der Waals surface area contributed by atoms with Gasteiger partial charge in [0.2, 0.25) is 0 Å². The lowest BCUT2D eigenvalue weighted by Crippen LogP contribution is -2.62. The van der Waals surface area contributed by atoms with Crippen LogP contribution in [0.25, 0.3) is 0 Å². The van der Waals surface area contributed by atoms with Crippen LogP contribution in [0.15, 0.2) is 0 Å². The molecule has 2 bridgehead atoms. The summed E-state index contributed by atoms with van der Waals surface area (Å²) in [6.45, 7) is 5.57. The molecule has 2 heterocycles. The number of carbonyl (C=O) groups is 1. The number of carbonyl (C=O) groups excluding carboxylic acids is 1. The topological polar surface area (TPSA) is 49.8 Å². The Morgan fingerprint density at radius 3 is 2.24 bits per heavy atom. The van der Waals surface area contributed by atoms with Crippen LogP contribution in [0.4, 0.5) is 4.79 Å². The van der Waals surface area contributed by atoms with Gasteiger partial charge in [0.05, 0.1) is 0 Å². The molecule has 17 heavy (non-hydrogen) atoms. The van der Waals surface area contributed by atoms with E-state index in [2.05, 4.69) is 0 Å². The van der Waals surface area contributed by atoms with E-state index in [1.54, 1.807) is 4.90 Å². The third-order valence-electron chi connectivity index (χ3n) is 3.63. The second-order valence-corrected chi connectivity index (χ2v) is 6.27. The number of amides is 1. The Bertz CT molecular complexity index is 298. The van der Waals surface area contributed by atoms with Gasteiger partial charge in [0.25, 0.3) is 0 Å². The fourth-order valence-corrected chi connectivity index (χ4v) is 2.98. The summed E-state index contributed by atoms with van der Waals surface area (Å²) in [6, 6.07) is 0.164. The summed E-state index contributed by atoms with van der Waals surface area (Å²) < 4.78 is 5.41. The van der Waals surface area contributed by atoms with Crippen molar-refractivity contribution in [2.24, 2.45) is 0 Å². The van der Waals surface area contributed by atoms with Gasteiger partial charge in [-0.3, -0.25) is 4.90 Å². The lowest BCUT2D eigenvalue weighted by molar-refractivity contribution is -0.168. The molecule has 0 aromatic carbocycles. The third kappa shape index (κ3) is 2.57. The Kier molecular flexibility index (Phi) is 3.10. The molecule has 2 aliphatic heterocycles. The first-order valence-corrected chi connectivity index (χ1v) is 6.56. The summed E-state index contributed by atoms with van der Waals surface area (Å²) >= 11 is 0. The van der Waals surface area contributed by atoms with E-state index in [1.807, 2.05) is 20.8 Å². The second-order valence-electron chi connectivity index (χ2n) is 6.27. The largest absolute Gasteiger partial charge is 0.444 e. The molecule has 0 aromatic rings. The molecule has 1 N–H and O–H groups in total. The van der Waals surface area contributed by atoms with E-state index in [1.165, 1.54) is 0 Å². The van der Waals surface area contributed by atoms with Crippen molar-refractivity contribution < 1.29 is 14.6 Å². The molecule has 2 fully saturated rings. The van der Waals surface area contributed by atoms with Crippen LogP contribution >= 0.6 is 0 Å². The molecular weight excluding hydrogens is 218 g/mol. The monoisotopic (exact) mass is 241 g/mol. The third-order valence-corrected chi connectivity index (χ3v) is 3.63. The van der Waals surface area contributed by atoms with Crippen molar-refractivity contribution in [2.45, 2.75) is 76.7 Å². The van der Waals surface area contributed by atoms with E-state index in [9.17, 15) is 9.90 Å². The maximum Gasteiger partial charge on any atom is 0.412 e. The average Bonchev–Trinajstić information content (AvgIpc) is 2.12. The number of rotatable bonds is 0. The van der Waals surface area contributed by atoms with Crippen molar-refractivity contribution in [3.8, 4) is 0 Å². The Morgan fingerprint density at radius 1 is 1.29 bits per heavy atom. The lowest BCUT2D eigenvalue weighted by atomic mass is 9.82. The molecule has 4 heteroatoms. The van der Waals surface area contributed by atoms with Gasteiger partial charge in [0.15, 0.2) is 0 Å². The van der Waals surface area contributed by atoms with Crippen molar-refractivity contribution in [1.29, 1.82) is 0 Å². The molecule has 2 saturated heterocycles. The van der Waals surface area contributed by atoms with E-state index in [0.29, 0.717) is 12.8 Å². The molecular formula is C13H23NO3. The minimum absolute atomic E-state index is 0.164. The Morgan fingerprint density at radius 2 is 1.82 bits per heavy atom. The normalized spacial score (nSPS) is 33.4. The summed E-state index contributed by atoms with van der Waals surface area (Å²) in [5, 5.41) is 10.6. The number of piperidine rings is 2. The zero-order valence-electron chi connectivity index (χ0n) is 11.0. The molecule has 0 aromatic heterocycles. The van der Waals surface area contributed by atoms with Gasteiger partial charge in [-0.15, -0.1) is 0 Å². The van der Waals surface area contributed by atoms with E-state index in [4.69, 9.17) is 4.74 Å². The highest BCUT2D eigenvalue weighted by molar-refractivity contribution is 5.69. The first kappa shape index (κ1) is 12.7. The summed E-state index contributed by atoms with van der Waals surface area (Å²) in [7, 11) is 0. The van der Waals surface area contributed by atoms with E-state index in [-0.39, 0.29) is 12.1 Å². The maximum absolute atomic E-state index is 12.2. The van der Waals surface area contributed by atoms with Crippen LogP contribution in [-0.2, 0) is 4.74 Å². The van der Waals surface area contributed by atoms with Gasteiger partial charge in [-0.1, -0.05) is 0 Å². The second kappa shape index (κ2) is 4.16. The number of fused-ring (bicyclic) bond motifs is 2. The number of nitrogens with zero attached hydrogens (tertiary/aromatic N) is 1. The molecule has 2 aliphatic rings. The van der Waals surface area contributed by atoms with Crippen LogP contribution < -0.4 is 0 Å². The molecule has 0 radical (unpaired) electrons.